The third-order valence-electron chi connectivity index (χ3n) is 4.37. The molecule has 0 spiro atoms. The van der Waals surface area contributed by atoms with E-state index in [2.05, 4.69) is 29.8 Å². The quantitative estimate of drug-likeness (QED) is 0.400. The Hall–Kier alpha value is -3.25. The molecule has 154 valence electrons. The van der Waals surface area contributed by atoms with Crippen LogP contribution < -0.4 is 16.0 Å². The van der Waals surface area contributed by atoms with Crippen molar-refractivity contribution in [1.82, 2.24) is 0 Å². The van der Waals surface area contributed by atoms with Crippen molar-refractivity contribution in [3.05, 3.63) is 84.4 Å². The largest absolute Gasteiger partial charge is 0.325 e. The molecule has 0 radical (unpaired) electrons. The first kappa shape index (κ1) is 21.5. The summed E-state index contributed by atoms with van der Waals surface area (Å²) in [7, 11) is 0. The average molecular weight is 420 g/mol. The van der Waals surface area contributed by atoms with E-state index in [1.807, 2.05) is 78.9 Å². The first-order chi connectivity index (χ1) is 14.5. The highest BCUT2D eigenvalue weighted by atomic mass is 32.2. The van der Waals surface area contributed by atoms with E-state index in [4.69, 9.17) is 0 Å². The fourth-order valence-electron chi connectivity index (χ4n) is 2.75. The number of rotatable bonds is 7. The summed E-state index contributed by atoms with van der Waals surface area (Å²) in [4.78, 5) is 25.2. The van der Waals surface area contributed by atoms with Crippen LogP contribution in [0.25, 0.3) is 0 Å². The first-order valence-corrected chi connectivity index (χ1v) is 10.7. The number of carbonyl (C=O) groups excluding carboxylic acids is 2. The molecule has 0 aliphatic rings. The zero-order valence-electron chi connectivity index (χ0n) is 17.0. The van der Waals surface area contributed by atoms with Crippen molar-refractivity contribution in [2.24, 2.45) is 0 Å². The number of hydrogen-bond acceptors (Lipinski definition) is 3. The van der Waals surface area contributed by atoms with E-state index in [-0.39, 0.29) is 11.9 Å². The van der Waals surface area contributed by atoms with Crippen LogP contribution in [0, 0.1) is 0 Å². The lowest BCUT2D eigenvalue weighted by atomic mass is 10.0. The van der Waals surface area contributed by atoms with Crippen molar-refractivity contribution in [2.75, 3.05) is 21.7 Å². The molecule has 3 aromatic rings. The van der Waals surface area contributed by atoms with Gasteiger partial charge in [0.05, 0.1) is 5.75 Å². The highest BCUT2D eigenvalue weighted by Crippen LogP contribution is 2.22. The van der Waals surface area contributed by atoms with Gasteiger partial charge in [-0.25, -0.2) is 4.79 Å². The molecule has 0 saturated heterocycles. The number of thioether (sulfide) groups is 1. The summed E-state index contributed by atoms with van der Waals surface area (Å²) in [6.45, 7) is 4.28. The Bertz CT molecular complexity index is 972. The van der Waals surface area contributed by atoms with Crippen molar-refractivity contribution >= 4 is 40.8 Å². The predicted octanol–water partition coefficient (Wildman–Crippen LogP) is 6.18. The van der Waals surface area contributed by atoms with Crippen molar-refractivity contribution < 1.29 is 9.59 Å². The Morgan fingerprint density at radius 3 is 1.87 bits per heavy atom. The van der Waals surface area contributed by atoms with E-state index in [1.165, 1.54) is 17.3 Å². The van der Waals surface area contributed by atoms with E-state index in [0.717, 1.165) is 16.3 Å². The molecule has 0 fully saturated rings. The molecule has 3 rings (SSSR count). The Morgan fingerprint density at radius 1 is 0.733 bits per heavy atom. The van der Waals surface area contributed by atoms with Crippen LogP contribution in [0.4, 0.5) is 21.9 Å². The molecule has 0 saturated carbocycles. The molecule has 6 heteroatoms. The maximum atomic E-state index is 12.2. The van der Waals surface area contributed by atoms with Gasteiger partial charge in [0.2, 0.25) is 5.91 Å². The van der Waals surface area contributed by atoms with Crippen LogP contribution in [0.15, 0.2) is 83.8 Å². The molecule has 5 nitrogen and oxygen atoms in total. The second-order valence-electron chi connectivity index (χ2n) is 7.08. The van der Waals surface area contributed by atoms with Gasteiger partial charge < -0.3 is 16.0 Å². The number of carbonyl (C=O) groups is 2. The van der Waals surface area contributed by atoms with Gasteiger partial charge in [-0.1, -0.05) is 44.2 Å². The third kappa shape index (κ3) is 6.67. The second-order valence-corrected chi connectivity index (χ2v) is 8.13. The van der Waals surface area contributed by atoms with Gasteiger partial charge >= 0.3 is 6.03 Å². The lowest BCUT2D eigenvalue weighted by Crippen LogP contribution is -2.19. The number of urea groups is 1. The molecule has 30 heavy (non-hydrogen) atoms. The molecule has 0 aliphatic carbocycles. The number of benzene rings is 3. The summed E-state index contributed by atoms with van der Waals surface area (Å²) in [5.41, 5.74) is 3.46. The van der Waals surface area contributed by atoms with Gasteiger partial charge in [-0.05, 0) is 60.0 Å². The van der Waals surface area contributed by atoms with Gasteiger partial charge in [0.1, 0.15) is 0 Å². The maximum Gasteiger partial charge on any atom is 0.323 e. The van der Waals surface area contributed by atoms with Gasteiger partial charge in [-0.3, -0.25) is 4.79 Å². The van der Waals surface area contributed by atoms with Gasteiger partial charge in [0.15, 0.2) is 0 Å². The van der Waals surface area contributed by atoms with Crippen molar-refractivity contribution in [3.8, 4) is 0 Å². The summed E-state index contributed by atoms with van der Waals surface area (Å²) in [5.74, 6) is 0.724. The number of hydrogen-bond donors (Lipinski definition) is 3. The minimum atomic E-state index is -0.301. The summed E-state index contributed by atoms with van der Waals surface area (Å²) < 4.78 is 0. The van der Waals surface area contributed by atoms with Gasteiger partial charge in [0.25, 0.3) is 0 Å². The molecular formula is C24H25N3O2S. The molecule has 0 heterocycles. The first-order valence-electron chi connectivity index (χ1n) is 9.75. The molecule has 3 aromatic carbocycles. The van der Waals surface area contributed by atoms with Gasteiger partial charge in [-0.2, -0.15) is 0 Å². The molecule has 0 atom stereocenters. The molecule has 0 unspecified atom stereocenters. The van der Waals surface area contributed by atoms with Crippen LogP contribution in [-0.2, 0) is 4.79 Å². The molecular weight excluding hydrogens is 394 g/mol. The van der Waals surface area contributed by atoms with E-state index < -0.39 is 0 Å². The molecule has 3 N–H and O–H groups in total. The van der Waals surface area contributed by atoms with Crippen LogP contribution in [-0.4, -0.2) is 17.7 Å². The van der Waals surface area contributed by atoms with Crippen molar-refractivity contribution in [3.63, 3.8) is 0 Å². The minimum absolute atomic E-state index is 0.0539. The monoisotopic (exact) mass is 419 g/mol. The predicted molar refractivity (Wildman–Crippen MR) is 125 cm³/mol. The van der Waals surface area contributed by atoms with Crippen LogP contribution in [0.2, 0.25) is 0 Å². The van der Waals surface area contributed by atoms with E-state index in [1.54, 1.807) is 0 Å². The second kappa shape index (κ2) is 10.5. The molecule has 3 amide bonds. The number of para-hydroxylation sites is 1. The number of amides is 3. The SMILES string of the molecule is CC(C)c1ccc(NC(=O)CSc2ccc(NC(=O)Nc3ccccc3)cc2)cc1. The Balaban J connectivity index is 1.44. The number of nitrogens with one attached hydrogen (secondary N) is 3. The van der Waals surface area contributed by atoms with E-state index >= 15 is 0 Å². The normalized spacial score (nSPS) is 10.5. The van der Waals surface area contributed by atoms with E-state index in [9.17, 15) is 9.59 Å². The van der Waals surface area contributed by atoms with E-state index in [0.29, 0.717) is 17.4 Å². The fraction of sp³-hybridized carbons (Fsp3) is 0.167. The van der Waals surface area contributed by atoms with Crippen molar-refractivity contribution in [1.29, 1.82) is 0 Å². The molecule has 0 aromatic heterocycles. The Morgan fingerprint density at radius 2 is 1.27 bits per heavy atom. The smallest absolute Gasteiger partial charge is 0.323 e. The van der Waals surface area contributed by atoms with Crippen LogP contribution in [0.5, 0.6) is 0 Å². The lowest BCUT2D eigenvalue weighted by molar-refractivity contribution is -0.113. The third-order valence-corrected chi connectivity index (χ3v) is 5.39. The highest BCUT2D eigenvalue weighted by molar-refractivity contribution is 8.00. The Kier molecular flexibility index (Phi) is 7.51. The summed E-state index contributed by atoms with van der Waals surface area (Å²) in [5, 5.41) is 8.47. The zero-order chi connectivity index (χ0) is 21.3. The highest BCUT2D eigenvalue weighted by Gasteiger charge is 2.06. The standard InChI is InChI=1S/C24H25N3O2S/c1-17(2)18-8-10-20(11-9-18)25-23(28)16-30-22-14-12-21(13-15-22)27-24(29)26-19-6-4-3-5-7-19/h3-15,17H,16H2,1-2H3,(H,25,28)(H2,26,27,29). The summed E-state index contributed by atoms with van der Waals surface area (Å²) in [6, 6.07) is 24.3. The lowest BCUT2D eigenvalue weighted by Gasteiger charge is -2.09. The summed E-state index contributed by atoms with van der Waals surface area (Å²) >= 11 is 1.45. The van der Waals surface area contributed by atoms with Crippen molar-refractivity contribution in [2.45, 2.75) is 24.7 Å². The van der Waals surface area contributed by atoms with Crippen LogP contribution in [0.1, 0.15) is 25.3 Å². The molecule has 0 aliphatic heterocycles. The van der Waals surface area contributed by atoms with Crippen LogP contribution >= 0.6 is 11.8 Å². The number of anilines is 3. The van der Waals surface area contributed by atoms with Gasteiger partial charge in [0, 0.05) is 22.0 Å². The molecule has 0 bridgehead atoms. The fourth-order valence-corrected chi connectivity index (χ4v) is 3.45. The zero-order valence-corrected chi connectivity index (χ0v) is 17.8. The topological polar surface area (TPSA) is 70.2 Å². The maximum absolute atomic E-state index is 12.2. The average Bonchev–Trinajstić information content (AvgIpc) is 2.74. The minimum Gasteiger partial charge on any atom is -0.325 e. The van der Waals surface area contributed by atoms with Crippen LogP contribution in [0.3, 0.4) is 0 Å². The summed E-state index contributed by atoms with van der Waals surface area (Å²) in [6.07, 6.45) is 0. The van der Waals surface area contributed by atoms with Gasteiger partial charge in [-0.15, -0.1) is 11.8 Å². The Labute approximate surface area is 181 Å².